The monoisotopic (exact) mass is 246 g/mol. The number of nitrogens with one attached hydrogen (secondary N) is 2. The normalized spacial score (nSPS) is 9.94. The molecule has 0 fully saturated rings. The lowest BCUT2D eigenvalue weighted by Gasteiger charge is -2.10. The molecule has 0 spiro atoms. The van der Waals surface area contributed by atoms with Crippen LogP contribution in [0.25, 0.3) is 0 Å². The Balaban J connectivity index is 2.49. The Morgan fingerprint density at radius 2 is 2.19 bits per heavy atom. The number of rotatable bonds is 4. The average Bonchev–Trinajstić information content (AvgIpc) is 2.23. The van der Waals surface area contributed by atoms with Crippen LogP contribution in [0.1, 0.15) is 0 Å². The Bertz CT molecular complexity index is 374. The summed E-state index contributed by atoms with van der Waals surface area (Å²) in [6, 6.07) is 3.23. The summed E-state index contributed by atoms with van der Waals surface area (Å²) in [5, 5.41) is 5.69. The van der Waals surface area contributed by atoms with Gasteiger partial charge in [-0.1, -0.05) is 0 Å². The maximum absolute atomic E-state index is 13.2. The summed E-state index contributed by atoms with van der Waals surface area (Å²) in [6.45, 7) is 1.01. The van der Waals surface area contributed by atoms with Crippen LogP contribution in [0.15, 0.2) is 18.2 Å². The molecule has 0 bridgehead atoms. The van der Waals surface area contributed by atoms with Crippen LogP contribution >= 0.6 is 12.2 Å². The summed E-state index contributed by atoms with van der Waals surface area (Å²) in [4.78, 5) is 0. The van der Waals surface area contributed by atoms with Crippen LogP contribution in [0, 0.1) is 11.6 Å². The summed E-state index contributed by atoms with van der Waals surface area (Å²) in [7, 11) is 1.57. The molecular formula is C10H12F2N2OS. The van der Waals surface area contributed by atoms with Gasteiger partial charge in [-0.3, -0.25) is 0 Å². The van der Waals surface area contributed by atoms with Crippen molar-refractivity contribution in [2.45, 2.75) is 0 Å². The Kier molecular flexibility index (Phi) is 5.07. The van der Waals surface area contributed by atoms with Crippen molar-refractivity contribution in [3.63, 3.8) is 0 Å². The van der Waals surface area contributed by atoms with Crippen LogP contribution in [-0.4, -0.2) is 25.4 Å². The van der Waals surface area contributed by atoms with Gasteiger partial charge in [0.15, 0.2) is 5.11 Å². The number of methoxy groups -OCH3 is 1. The van der Waals surface area contributed by atoms with Gasteiger partial charge >= 0.3 is 0 Å². The fourth-order valence-corrected chi connectivity index (χ4v) is 1.24. The summed E-state index contributed by atoms with van der Waals surface area (Å²) in [5.74, 6) is -1.31. The lowest BCUT2D eigenvalue weighted by atomic mass is 10.3. The largest absolute Gasteiger partial charge is 0.383 e. The van der Waals surface area contributed by atoms with Gasteiger partial charge < -0.3 is 15.4 Å². The van der Waals surface area contributed by atoms with E-state index >= 15 is 0 Å². The van der Waals surface area contributed by atoms with E-state index in [1.54, 1.807) is 7.11 Å². The predicted octanol–water partition coefficient (Wildman–Crippen LogP) is 1.90. The second kappa shape index (κ2) is 6.34. The summed E-state index contributed by atoms with van der Waals surface area (Å²) in [5.41, 5.74) is 0.135. The first-order valence-electron chi connectivity index (χ1n) is 4.62. The number of ether oxygens (including phenoxy) is 1. The van der Waals surface area contributed by atoms with Gasteiger partial charge in [-0.25, -0.2) is 8.78 Å². The van der Waals surface area contributed by atoms with E-state index in [1.165, 1.54) is 6.07 Å². The standard InChI is InChI=1S/C10H12F2N2OS/c1-15-5-4-13-10(16)14-9-3-2-7(11)6-8(9)12/h2-3,6H,4-5H2,1H3,(H2,13,14,16). The maximum atomic E-state index is 13.2. The maximum Gasteiger partial charge on any atom is 0.170 e. The van der Waals surface area contributed by atoms with Crippen LogP contribution in [0.4, 0.5) is 14.5 Å². The van der Waals surface area contributed by atoms with E-state index in [2.05, 4.69) is 10.6 Å². The minimum atomic E-state index is -0.684. The van der Waals surface area contributed by atoms with E-state index in [0.29, 0.717) is 13.2 Å². The van der Waals surface area contributed by atoms with Crippen LogP contribution in [0.5, 0.6) is 0 Å². The average molecular weight is 246 g/mol. The number of halogens is 2. The first-order chi connectivity index (χ1) is 7.63. The second-order valence-electron chi connectivity index (χ2n) is 3.00. The minimum Gasteiger partial charge on any atom is -0.383 e. The molecule has 0 amide bonds. The summed E-state index contributed by atoms with van der Waals surface area (Å²) >= 11 is 4.90. The van der Waals surface area contributed by atoms with Gasteiger partial charge in [0.25, 0.3) is 0 Å². The van der Waals surface area contributed by atoms with E-state index < -0.39 is 11.6 Å². The lowest BCUT2D eigenvalue weighted by molar-refractivity contribution is 0.204. The van der Waals surface area contributed by atoms with Crippen molar-refractivity contribution in [3.8, 4) is 0 Å². The molecule has 0 aromatic heterocycles. The topological polar surface area (TPSA) is 33.3 Å². The van der Waals surface area contributed by atoms with Crippen molar-refractivity contribution in [2.75, 3.05) is 25.6 Å². The third-order valence-corrected chi connectivity index (χ3v) is 2.02. The first kappa shape index (κ1) is 12.8. The van der Waals surface area contributed by atoms with E-state index in [9.17, 15) is 8.78 Å². The van der Waals surface area contributed by atoms with Crippen molar-refractivity contribution >= 4 is 23.0 Å². The minimum absolute atomic E-state index is 0.135. The summed E-state index contributed by atoms with van der Waals surface area (Å²) in [6.07, 6.45) is 0. The molecule has 0 aliphatic rings. The Labute approximate surface area is 97.8 Å². The number of thiocarbonyl (C=S) groups is 1. The Morgan fingerprint density at radius 3 is 2.81 bits per heavy atom. The van der Waals surface area contributed by atoms with Crippen molar-refractivity contribution in [1.29, 1.82) is 0 Å². The molecular weight excluding hydrogens is 234 g/mol. The highest BCUT2D eigenvalue weighted by molar-refractivity contribution is 7.80. The molecule has 0 unspecified atom stereocenters. The molecule has 1 aromatic carbocycles. The molecule has 0 aliphatic heterocycles. The molecule has 6 heteroatoms. The van der Waals surface area contributed by atoms with E-state index in [4.69, 9.17) is 17.0 Å². The quantitative estimate of drug-likeness (QED) is 0.628. The molecule has 1 rings (SSSR count). The van der Waals surface area contributed by atoms with E-state index in [0.717, 1.165) is 12.1 Å². The molecule has 16 heavy (non-hydrogen) atoms. The highest BCUT2D eigenvalue weighted by Crippen LogP contribution is 2.14. The number of anilines is 1. The molecule has 88 valence electrons. The SMILES string of the molecule is COCCNC(=S)Nc1ccc(F)cc1F. The lowest BCUT2D eigenvalue weighted by Crippen LogP contribution is -2.31. The molecule has 0 heterocycles. The summed E-state index contributed by atoms with van der Waals surface area (Å²) < 4.78 is 30.6. The van der Waals surface area contributed by atoms with Crippen LogP contribution < -0.4 is 10.6 Å². The van der Waals surface area contributed by atoms with Gasteiger partial charge in [0, 0.05) is 19.7 Å². The van der Waals surface area contributed by atoms with Crippen molar-refractivity contribution in [3.05, 3.63) is 29.8 Å². The molecule has 1 aromatic rings. The number of hydrogen-bond acceptors (Lipinski definition) is 2. The number of hydrogen-bond donors (Lipinski definition) is 2. The zero-order chi connectivity index (χ0) is 12.0. The predicted molar refractivity (Wildman–Crippen MR) is 62.5 cm³/mol. The van der Waals surface area contributed by atoms with Crippen LogP contribution in [0.2, 0.25) is 0 Å². The van der Waals surface area contributed by atoms with Crippen molar-refractivity contribution < 1.29 is 13.5 Å². The van der Waals surface area contributed by atoms with E-state index in [1.807, 2.05) is 0 Å². The van der Waals surface area contributed by atoms with Crippen molar-refractivity contribution in [2.24, 2.45) is 0 Å². The first-order valence-corrected chi connectivity index (χ1v) is 5.03. The molecule has 0 saturated heterocycles. The van der Waals surface area contributed by atoms with Crippen molar-refractivity contribution in [1.82, 2.24) is 5.32 Å². The smallest absolute Gasteiger partial charge is 0.170 e. The fraction of sp³-hybridized carbons (Fsp3) is 0.300. The Hall–Kier alpha value is -1.27. The third kappa shape index (κ3) is 4.08. The molecule has 3 nitrogen and oxygen atoms in total. The highest BCUT2D eigenvalue weighted by Gasteiger charge is 2.04. The molecule has 0 radical (unpaired) electrons. The second-order valence-corrected chi connectivity index (χ2v) is 3.41. The van der Waals surface area contributed by atoms with Crippen LogP contribution in [-0.2, 0) is 4.74 Å². The van der Waals surface area contributed by atoms with Gasteiger partial charge in [-0.05, 0) is 24.4 Å². The zero-order valence-electron chi connectivity index (χ0n) is 8.72. The number of benzene rings is 1. The van der Waals surface area contributed by atoms with Gasteiger partial charge in [0.2, 0.25) is 0 Å². The van der Waals surface area contributed by atoms with Gasteiger partial charge in [0.05, 0.1) is 12.3 Å². The van der Waals surface area contributed by atoms with E-state index in [-0.39, 0.29) is 10.8 Å². The zero-order valence-corrected chi connectivity index (χ0v) is 9.54. The van der Waals surface area contributed by atoms with Gasteiger partial charge in [-0.2, -0.15) is 0 Å². The van der Waals surface area contributed by atoms with Crippen LogP contribution in [0.3, 0.4) is 0 Å². The molecule has 0 atom stereocenters. The third-order valence-electron chi connectivity index (χ3n) is 1.77. The highest BCUT2D eigenvalue weighted by atomic mass is 32.1. The molecule has 2 N–H and O–H groups in total. The molecule has 0 saturated carbocycles. The van der Waals surface area contributed by atoms with Gasteiger partial charge in [-0.15, -0.1) is 0 Å². The fourth-order valence-electron chi connectivity index (χ4n) is 1.02. The molecule has 0 aliphatic carbocycles. The van der Waals surface area contributed by atoms with Gasteiger partial charge in [0.1, 0.15) is 11.6 Å². The Morgan fingerprint density at radius 1 is 1.44 bits per heavy atom.